The van der Waals surface area contributed by atoms with Crippen LogP contribution in [0.1, 0.15) is 38.7 Å². The van der Waals surface area contributed by atoms with E-state index >= 15 is 0 Å². The lowest BCUT2D eigenvalue weighted by Gasteiger charge is -2.30. The summed E-state index contributed by atoms with van der Waals surface area (Å²) in [5, 5.41) is 13.2. The minimum atomic E-state index is -0.555. The van der Waals surface area contributed by atoms with Crippen LogP contribution in [0.3, 0.4) is 0 Å². The van der Waals surface area contributed by atoms with Gasteiger partial charge in [-0.3, -0.25) is 5.32 Å². The molecule has 0 saturated carbocycles. The Labute approximate surface area is 129 Å². The summed E-state index contributed by atoms with van der Waals surface area (Å²) in [7, 11) is 0. The van der Waals surface area contributed by atoms with Crippen LogP contribution in [0, 0.1) is 17.2 Å². The van der Waals surface area contributed by atoms with Crippen molar-refractivity contribution in [2.24, 2.45) is 5.92 Å². The van der Waals surface area contributed by atoms with Gasteiger partial charge in [-0.15, -0.1) is 0 Å². The molecule has 1 aliphatic heterocycles. The summed E-state index contributed by atoms with van der Waals surface area (Å²) in [6.45, 7) is 8.51. The molecule has 3 nitrogen and oxygen atoms in total. The third-order valence-electron chi connectivity index (χ3n) is 4.69. The Morgan fingerprint density at radius 1 is 1.33 bits per heavy atom. The Bertz CT molecular complexity index is 465. The predicted molar refractivity (Wildman–Crippen MR) is 86.9 cm³/mol. The molecule has 0 aliphatic carbocycles. The van der Waals surface area contributed by atoms with Gasteiger partial charge < -0.3 is 4.90 Å². The molecule has 2 rings (SSSR count). The molecule has 114 valence electrons. The van der Waals surface area contributed by atoms with Crippen molar-refractivity contribution in [1.29, 1.82) is 5.26 Å². The first-order valence-corrected chi connectivity index (χ1v) is 8.18. The molecule has 2 unspecified atom stereocenters. The first-order valence-electron chi connectivity index (χ1n) is 8.18. The zero-order chi connectivity index (χ0) is 15.1. The second-order valence-electron chi connectivity index (χ2n) is 6.03. The van der Waals surface area contributed by atoms with Crippen molar-refractivity contribution >= 4 is 0 Å². The average Bonchev–Trinajstić information content (AvgIpc) is 3.00. The lowest BCUT2D eigenvalue weighted by Crippen LogP contribution is -2.43. The quantitative estimate of drug-likeness (QED) is 0.836. The minimum absolute atomic E-state index is 0.555. The zero-order valence-corrected chi connectivity index (χ0v) is 13.3. The van der Waals surface area contributed by atoms with Crippen molar-refractivity contribution in [3.05, 3.63) is 35.9 Å². The van der Waals surface area contributed by atoms with Crippen molar-refractivity contribution in [3.63, 3.8) is 0 Å². The monoisotopic (exact) mass is 285 g/mol. The minimum Gasteiger partial charge on any atom is -0.303 e. The smallest absolute Gasteiger partial charge is 0.133 e. The van der Waals surface area contributed by atoms with E-state index in [2.05, 4.69) is 42.3 Å². The highest BCUT2D eigenvalue weighted by molar-refractivity contribution is 5.31. The Morgan fingerprint density at radius 2 is 2.10 bits per heavy atom. The Hall–Kier alpha value is -1.37. The van der Waals surface area contributed by atoms with Crippen LogP contribution in [0.25, 0.3) is 0 Å². The van der Waals surface area contributed by atoms with Gasteiger partial charge in [0.05, 0.1) is 6.07 Å². The summed E-state index contributed by atoms with van der Waals surface area (Å²) >= 11 is 0. The second kappa shape index (κ2) is 7.59. The molecule has 1 aliphatic rings. The molecule has 1 fully saturated rings. The van der Waals surface area contributed by atoms with Gasteiger partial charge in [0.2, 0.25) is 0 Å². The molecule has 3 heteroatoms. The lowest BCUT2D eigenvalue weighted by molar-refractivity contribution is 0.275. The lowest BCUT2D eigenvalue weighted by atomic mass is 9.87. The van der Waals surface area contributed by atoms with E-state index in [-0.39, 0.29) is 0 Å². The molecule has 0 spiro atoms. The van der Waals surface area contributed by atoms with Gasteiger partial charge in [0, 0.05) is 13.1 Å². The van der Waals surface area contributed by atoms with Crippen LogP contribution in [0.2, 0.25) is 0 Å². The highest BCUT2D eigenvalue weighted by atomic mass is 15.1. The van der Waals surface area contributed by atoms with E-state index in [9.17, 15) is 5.26 Å². The molecular formula is C18H27N3. The summed E-state index contributed by atoms with van der Waals surface area (Å²) in [5.74, 6) is 0.845. The van der Waals surface area contributed by atoms with Crippen molar-refractivity contribution in [3.8, 4) is 6.07 Å². The van der Waals surface area contributed by atoms with Crippen LogP contribution in [-0.2, 0) is 5.54 Å². The maximum Gasteiger partial charge on any atom is 0.133 e. The van der Waals surface area contributed by atoms with Crippen LogP contribution in [0.5, 0.6) is 0 Å². The van der Waals surface area contributed by atoms with Gasteiger partial charge in [0.25, 0.3) is 0 Å². The Morgan fingerprint density at radius 3 is 2.67 bits per heavy atom. The highest BCUT2D eigenvalue weighted by Crippen LogP contribution is 2.27. The van der Waals surface area contributed by atoms with E-state index in [0.717, 1.165) is 31.0 Å². The SMILES string of the molecule is CCNC(C#N)(CCN1CCC(CC)C1)c1ccccc1. The number of nitriles is 1. The van der Waals surface area contributed by atoms with Crippen LogP contribution >= 0.6 is 0 Å². The average molecular weight is 285 g/mol. The van der Waals surface area contributed by atoms with E-state index in [0.29, 0.717) is 0 Å². The molecule has 21 heavy (non-hydrogen) atoms. The number of nitrogens with one attached hydrogen (secondary N) is 1. The normalized spacial score (nSPS) is 21.9. The summed E-state index contributed by atoms with van der Waals surface area (Å²) in [4.78, 5) is 2.51. The number of likely N-dealkylation sites (tertiary alicyclic amines) is 1. The highest BCUT2D eigenvalue weighted by Gasteiger charge is 2.32. The molecule has 1 aromatic rings. The fraction of sp³-hybridized carbons (Fsp3) is 0.611. The number of hydrogen-bond acceptors (Lipinski definition) is 3. The Kier molecular flexibility index (Phi) is 5.78. The van der Waals surface area contributed by atoms with Crippen molar-refractivity contribution in [2.45, 2.75) is 38.6 Å². The molecule has 2 atom stereocenters. The van der Waals surface area contributed by atoms with E-state index in [1.807, 2.05) is 18.2 Å². The fourth-order valence-electron chi connectivity index (χ4n) is 3.29. The van der Waals surface area contributed by atoms with Gasteiger partial charge >= 0.3 is 0 Å². The summed E-state index contributed by atoms with van der Waals surface area (Å²) in [6, 6.07) is 12.7. The standard InChI is InChI=1S/C18H27N3/c1-3-16-10-12-21(14-16)13-11-18(15-19,20-4-2)17-8-6-5-7-9-17/h5-9,16,20H,3-4,10-14H2,1-2H3. The zero-order valence-electron chi connectivity index (χ0n) is 13.3. The largest absolute Gasteiger partial charge is 0.303 e. The molecule has 1 saturated heterocycles. The first kappa shape index (κ1) is 16.0. The van der Waals surface area contributed by atoms with Gasteiger partial charge in [0.15, 0.2) is 0 Å². The van der Waals surface area contributed by atoms with Crippen molar-refractivity contribution < 1.29 is 0 Å². The van der Waals surface area contributed by atoms with Crippen LogP contribution in [0.4, 0.5) is 0 Å². The van der Waals surface area contributed by atoms with Crippen molar-refractivity contribution in [2.75, 3.05) is 26.2 Å². The molecule has 1 aromatic carbocycles. The summed E-state index contributed by atoms with van der Waals surface area (Å²) < 4.78 is 0. The second-order valence-corrected chi connectivity index (χ2v) is 6.03. The molecule has 0 bridgehead atoms. The van der Waals surface area contributed by atoms with Crippen LogP contribution in [-0.4, -0.2) is 31.1 Å². The molecule has 1 N–H and O–H groups in total. The summed E-state index contributed by atoms with van der Waals surface area (Å²) in [5.41, 5.74) is 0.529. The number of benzene rings is 1. The van der Waals surface area contributed by atoms with Crippen LogP contribution < -0.4 is 5.32 Å². The molecule has 1 heterocycles. The van der Waals surface area contributed by atoms with E-state index in [1.165, 1.54) is 25.9 Å². The topological polar surface area (TPSA) is 39.1 Å². The molecule has 0 aromatic heterocycles. The van der Waals surface area contributed by atoms with Crippen molar-refractivity contribution in [1.82, 2.24) is 10.2 Å². The fourth-order valence-corrected chi connectivity index (χ4v) is 3.29. The third-order valence-corrected chi connectivity index (χ3v) is 4.69. The van der Waals surface area contributed by atoms with Gasteiger partial charge in [-0.2, -0.15) is 5.26 Å². The van der Waals surface area contributed by atoms with E-state index in [4.69, 9.17) is 0 Å². The predicted octanol–water partition coefficient (Wildman–Crippen LogP) is 3.14. The van der Waals surface area contributed by atoms with Gasteiger partial charge in [0.1, 0.15) is 5.54 Å². The van der Waals surface area contributed by atoms with Gasteiger partial charge in [-0.1, -0.05) is 50.6 Å². The number of nitrogens with zero attached hydrogens (tertiary/aromatic N) is 2. The maximum absolute atomic E-state index is 9.80. The first-order chi connectivity index (χ1) is 10.2. The van der Waals surface area contributed by atoms with Gasteiger partial charge in [-0.25, -0.2) is 0 Å². The van der Waals surface area contributed by atoms with E-state index in [1.54, 1.807) is 0 Å². The molecular weight excluding hydrogens is 258 g/mol. The molecule has 0 radical (unpaired) electrons. The summed E-state index contributed by atoms with van der Waals surface area (Å²) in [6.07, 6.45) is 3.42. The Balaban J connectivity index is 2.05. The molecule has 0 amide bonds. The number of rotatable bonds is 7. The van der Waals surface area contributed by atoms with Crippen LogP contribution in [0.15, 0.2) is 30.3 Å². The number of hydrogen-bond donors (Lipinski definition) is 1. The van der Waals surface area contributed by atoms with Gasteiger partial charge in [-0.05, 0) is 37.4 Å². The third kappa shape index (κ3) is 3.84. The van der Waals surface area contributed by atoms with E-state index < -0.39 is 5.54 Å². The maximum atomic E-state index is 9.80.